The van der Waals surface area contributed by atoms with Gasteiger partial charge in [0, 0.05) is 5.88 Å². The van der Waals surface area contributed by atoms with Gasteiger partial charge in [0.25, 0.3) is 0 Å². The molecule has 0 radical (unpaired) electrons. The van der Waals surface area contributed by atoms with Crippen LogP contribution in [-0.2, 0) is 11.2 Å². The molecule has 0 saturated heterocycles. The normalized spacial score (nSPS) is 18.8. The van der Waals surface area contributed by atoms with E-state index in [0.717, 1.165) is 23.2 Å². The van der Waals surface area contributed by atoms with E-state index in [1.807, 2.05) is 11.8 Å². The lowest BCUT2D eigenvalue weighted by Crippen LogP contribution is -2.08. The predicted octanol–water partition coefficient (Wildman–Crippen LogP) is 4.43. The van der Waals surface area contributed by atoms with Gasteiger partial charge in [-0.25, -0.2) is 0 Å². The number of ether oxygens (including phenoxy) is 2. The Morgan fingerprint density at radius 2 is 2.32 bits per heavy atom. The maximum Gasteiger partial charge on any atom is 0.133 e. The Balaban J connectivity index is 2.22. The topological polar surface area (TPSA) is 18.5 Å². The van der Waals surface area contributed by atoms with Gasteiger partial charge in [-0.1, -0.05) is 0 Å². The zero-order chi connectivity index (χ0) is 13.7. The molecule has 1 aliphatic heterocycles. The van der Waals surface area contributed by atoms with E-state index < -0.39 is 0 Å². The van der Waals surface area contributed by atoms with Gasteiger partial charge in [0.05, 0.1) is 30.0 Å². The minimum absolute atomic E-state index is 0.392. The van der Waals surface area contributed by atoms with Crippen molar-refractivity contribution in [3.05, 3.63) is 27.7 Å². The van der Waals surface area contributed by atoms with Crippen LogP contribution in [0.15, 0.2) is 16.6 Å². The van der Waals surface area contributed by atoms with Gasteiger partial charge in [-0.15, -0.1) is 11.6 Å². The molecule has 0 spiro atoms. The average molecular weight is 366 g/mol. The number of alkyl halides is 1. The molecule has 0 saturated carbocycles. The molecule has 1 aliphatic rings. The third-order valence-corrected chi connectivity index (χ3v) is 5.25. The van der Waals surface area contributed by atoms with Gasteiger partial charge < -0.3 is 9.47 Å². The van der Waals surface area contributed by atoms with E-state index in [1.165, 1.54) is 23.3 Å². The lowest BCUT2D eigenvalue weighted by atomic mass is 10.0. The van der Waals surface area contributed by atoms with Crippen molar-refractivity contribution in [1.82, 2.24) is 0 Å². The van der Waals surface area contributed by atoms with Crippen molar-refractivity contribution in [1.29, 1.82) is 0 Å². The highest BCUT2D eigenvalue weighted by Crippen LogP contribution is 2.40. The molecule has 2 rings (SSSR count). The van der Waals surface area contributed by atoms with E-state index in [9.17, 15) is 0 Å². The molecule has 0 amide bonds. The second-order valence-electron chi connectivity index (χ2n) is 4.41. The molecule has 1 aromatic rings. The van der Waals surface area contributed by atoms with Gasteiger partial charge in [-0.05, 0) is 57.8 Å². The van der Waals surface area contributed by atoms with Crippen LogP contribution in [0.4, 0.5) is 0 Å². The average Bonchev–Trinajstić information content (AvgIpc) is 2.61. The summed E-state index contributed by atoms with van der Waals surface area (Å²) in [5.74, 6) is 2.63. The highest BCUT2D eigenvalue weighted by molar-refractivity contribution is 9.10. The first-order valence-corrected chi connectivity index (χ1v) is 8.75. The highest BCUT2D eigenvalue weighted by Gasteiger charge is 2.21. The van der Waals surface area contributed by atoms with Crippen LogP contribution in [0.2, 0.25) is 0 Å². The van der Waals surface area contributed by atoms with Crippen molar-refractivity contribution in [2.75, 3.05) is 32.0 Å². The maximum atomic E-state index is 5.66. The molecular weight excluding hydrogens is 348 g/mol. The molecule has 5 heteroatoms. The van der Waals surface area contributed by atoms with Crippen LogP contribution in [0, 0.1) is 0 Å². The van der Waals surface area contributed by atoms with Crippen LogP contribution in [0.25, 0.3) is 0 Å². The zero-order valence-electron chi connectivity index (χ0n) is 11.0. The summed E-state index contributed by atoms with van der Waals surface area (Å²) in [5.41, 5.74) is 2.74. The predicted molar refractivity (Wildman–Crippen MR) is 85.8 cm³/mol. The lowest BCUT2D eigenvalue weighted by Gasteiger charge is -2.18. The van der Waals surface area contributed by atoms with E-state index in [-0.39, 0.29) is 0 Å². The molecular formula is C14H18BrClO2S. The fourth-order valence-electron chi connectivity index (χ4n) is 2.24. The highest BCUT2D eigenvalue weighted by atomic mass is 79.9. The SMILES string of the molecule is COc1cc2c(cc1Br)C(COCCCl)SCCC2. The lowest BCUT2D eigenvalue weighted by molar-refractivity contribution is 0.150. The van der Waals surface area contributed by atoms with Crippen molar-refractivity contribution >= 4 is 39.3 Å². The van der Waals surface area contributed by atoms with E-state index >= 15 is 0 Å². The molecule has 1 unspecified atom stereocenters. The smallest absolute Gasteiger partial charge is 0.133 e. The molecule has 0 fully saturated rings. The van der Waals surface area contributed by atoms with Gasteiger partial charge in [-0.2, -0.15) is 11.8 Å². The molecule has 0 N–H and O–H groups in total. The Kier molecular flexibility index (Phi) is 6.33. The minimum atomic E-state index is 0.392. The Morgan fingerprint density at radius 3 is 3.05 bits per heavy atom. The van der Waals surface area contributed by atoms with Crippen LogP contribution in [-0.4, -0.2) is 32.0 Å². The number of rotatable bonds is 5. The van der Waals surface area contributed by atoms with Gasteiger partial charge in [-0.3, -0.25) is 0 Å². The zero-order valence-corrected chi connectivity index (χ0v) is 14.1. The summed E-state index contributed by atoms with van der Waals surface area (Å²) in [6, 6.07) is 4.33. The van der Waals surface area contributed by atoms with Gasteiger partial charge in [0.2, 0.25) is 0 Å². The van der Waals surface area contributed by atoms with Crippen molar-refractivity contribution in [2.45, 2.75) is 18.1 Å². The second kappa shape index (κ2) is 7.77. The summed E-state index contributed by atoms with van der Waals surface area (Å²) in [5, 5.41) is 0.392. The van der Waals surface area contributed by atoms with Crippen molar-refractivity contribution in [2.24, 2.45) is 0 Å². The first kappa shape index (κ1) is 15.5. The van der Waals surface area contributed by atoms with Crippen molar-refractivity contribution in [3.8, 4) is 5.75 Å². The molecule has 0 bridgehead atoms. The number of aryl methyl sites for hydroxylation is 1. The minimum Gasteiger partial charge on any atom is -0.496 e. The number of benzene rings is 1. The number of halogens is 2. The Labute approximate surface area is 132 Å². The molecule has 1 atom stereocenters. The number of hydrogen-bond acceptors (Lipinski definition) is 3. The van der Waals surface area contributed by atoms with E-state index in [4.69, 9.17) is 21.1 Å². The van der Waals surface area contributed by atoms with Gasteiger partial charge >= 0.3 is 0 Å². The molecule has 0 aromatic heterocycles. The van der Waals surface area contributed by atoms with Crippen molar-refractivity contribution < 1.29 is 9.47 Å². The monoisotopic (exact) mass is 364 g/mol. The molecule has 106 valence electrons. The van der Waals surface area contributed by atoms with Gasteiger partial charge in [0.15, 0.2) is 0 Å². The Morgan fingerprint density at radius 1 is 1.47 bits per heavy atom. The second-order valence-corrected chi connectivity index (χ2v) is 6.96. The van der Waals surface area contributed by atoms with E-state index in [1.54, 1.807) is 7.11 Å². The standard InChI is InChI=1S/C14H18BrClO2S/c1-17-13-7-10-3-2-6-19-14(9-18-5-4-16)11(10)8-12(13)15/h7-8,14H,2-6,9H2,1H3. The van der Waals surface area contributed by atoms with Crippen LogP contribution < -0.4 is 4.74 Å². The quantitative estimate of drug-likeness (QED) is 0.568. The number of methoxy groups -OCH3 is 1. The summed E-state index contributed by atoms with van der Waals surface area (Å²) in [6.45, 7) is 1.34. The fourth-order valence-corrected chi connectivity index (χ4v) is 4.06. The summed E-state index contributed by atoms with van der Waals surface area (Å²) in [4.78, 5) is 0. The summed E-state index contributed by atoms with van der Waals surface area (Å²) in [7, 11) is 1.71. The number of hydrogen-bond donors (Lipinski definition) is 0. The summed E-state index contributed by atoms with van der Waals surface area (Å²) in [6.07, 6.45) is 2.31. The van der Waals surface area contributed by atoms with Crippen LogP contribution in [0.5, 0.6) is 5.75 Å². The first-order chi connectivity index (χ1) is 9.26. The third-order valence-electron chi connectivity index (χ3n) is 3.16. The van der Waals surface area contributed by atoms with E-state index in [2.05, 4.69) is 28.1 Å². The van der Waals surface area contributed by atoms with Crippen LogP contribution in [0.1, 0.15) is 22.8 Å². The molecule has 2 nitrogen and oxygen atoms in total. The van der Waals surface area contributed by atoms with Crippen molar-refractivity contribution in [3.63, 3.8) is 0 Å². The molecule has 19 heavy (non-hydrogen) atoms. The molecule has 1 heterocycles. The first-order valence-electron chi connectivity index (χ1n) is 6.38. The molecule has 0 aliphatic carbocycles. The van der Waals surface area contributed by atoms with Gasteiger partial charge in [0.1, 0.15) is 5.75 Å². The maximum absolute atomic E-state index is 5.66. The fraction of sp³-hybridized carbons (Fsp3) is 0.571. The summed E-state index contributed by atoms with van der Waals surface area (Å²) < 4.78 is 12.0. The Hall–Kier alpha value is 0.1000. The molecule has 1 aromatic carbocycles. The van der Waals surface area contributed by atoms with Crippen LogP contribution >= 0.6 is 39.3 Å². The Bertz CT molecular complexity index is 428. The summed E-state index contributed by atoms with van der Waals surface area (Å²) >= 11 is 11.2. The van der Waals surface area contributed by atoms with E-state index in [0.29, 0.717) is 17.7 Å². The van der Waals surface area contributed by atoms with Crippen LogP contribution in [0.3, 0.4) is 0 Å². The number of thioether (sulfide) groups is 1. The number of fused-ring (bicyclic) bond motifs is 1. The third kappa shape index (κ3) is 4.03. The largest absolute Gasteiger partial charge is 0.496 e.